The summed E-state index contributed by atoms with van der Waals surface area (Å²) in [5.74, 6) is 0.837. The Balaban J connectivity index is 1.80. The molecule has 3 rings (SSSR count). The molecule has 0 aliphatic heterocycles. The van der Waals surface area contributed by atoms with Crippen molar-refractivity contribution in [2.45, 2.75) is 23.8 Å². The molecule has 0 fully saturated rings. The first-order chi connectivity index (χ1) is 9.11. The van der Waals surface area contributed by atoms with Crippen LogP contribution in [0.25, 0.3) is 5.65 Å². The minimum Gasteiger partial charge on any atom is -0.375 e. The Bertz CT molecular complexity index is 729. The number of thiazole rings is 1. The van der Waals surface area contributed by atoms with Crippen LogP contribution < -0.4 is 5.73 Å². The molecule has 0 aliphatic carbocycles. The van der Waals surface area contributed by atoms with Crippen LogP contribution in [0.15, 0.2) is 28.7 Å². The SMILES string of the molecule is Cc1ccc2nc(CSc3sc(N)nc3C)cn2c1. The van der Waals surface area contributed by atoms with Gasteiger partial charge in [-0.1, -0.05) is 17.4 Å². The summed E-state index contributed by atoms with van der Waals surface area (Å²) in [5, 5.41) is 0.630. The van der Waals surface area contributed by atoms with Crippen molar-refractivity contribution in [1.29, 1.82) is 0 Å². The van der Waals surface area contributed by atoms with Crippen molar-refractivity contribution >= 4 is 33.9 Å². The van der Waals surface area contributed by atoms with Crippen molar-refractivity contribution in [3.8, 4) is 0 Å². The largest absolute Gasteiger partial charge is 0.375 e. The molecule has 98 valence electrons. The minimum absolute atomic E-state index is 0.630. The fourth-order valence-corrected chi connectivity index (χ4v) is 3.81. The molecular weight excluding hydrogens is 276 g/mol. The number of nitrogens with zero attached hydrogens (tertiary/aromatic N) is 3. The summed E-state index contributed by atoms with van der Waals surface area (Å²) in [5.41, 5.74) is 10.00. The highest BCUT2D eigenvalue weighted by molar-refractivity contribution is 8.00. The van der Waals surface area contributed by atoms with Crippen LogP contribution in [0.1, 0.15) is 17.0 Å². The van der Waals surface area contributed by atoms with E-state index in [0.717, 1.165) is 22.8 Å². The quantitative estimate of drug-likeness (QED) is 0.752. The lowest BCUT2D eigenvalue weighted by Crippen LogP contribution is -1.82. The molecule has 3 aromatic heterocycles. The maximum Gasteiger partial charge on any atom is 0.181 e. The van der Waals surface area contributed by atoms with Crippen molar-refractivity contribution in [2.24, 2.45) is 0 Å². The van der Waals surface area contributed by atoms with Gasteiger partial charge in [-0.15, -0.1) is 11.8 Å². The van der Waals surface area contributed by atoms with Gasteiger partial charge in [0.25, 0.3) is 0 Å². The monoisotopic (exact) mass is 290 g/mol. The second kappa shape index (κ2) is 4.86. The van der Waals surface area contributed by atoms with E-state index in [1.54, 1.807) is 11.8 Å². The highest BCUT2D eigenvalue weighted by Gasteiger charge is 2.08. The highest BCUT2D eigenvalue weighted by atomic mass is 32.2. The van der Waals surface area contributed by atoms with Gasteiger partial charge in [0.15, 0.2) is 5.13 Å². The van der Waals surface area contributed by atoms with E-state index >= 15 is 0 Å². The molecule has 0 saturated heterocycles. The third-order valence-electron chi connectivity index (χ3n) is 2.77. The summed E-state index contributed by atoms with van der Waals surface area (Å²) in [6, 6.07) is 4.12. The number of aromatic nitrogens is 3. The molecule has 0 amide bonds. The number of hydrogen-bond acceptors (Lipinski definition) is 5. The molecule has 3 heterocycles. The third kappa shape index (κ3) is 2.59. The van der Waals surface area contributed by atoms with Gasteiger partial charge < -0.3 is 10.1 Å². The van der Waals surface area contributed by atoms with Gasteiger partial charge in [-0.25, -0.2) is 9.97 Å². The van der Waals surface area contributed by atoms with Crippen LogP contribution in [-0.4, -0.2) is 14.4 Å². The number of anilines is 1. The van der Waals surface area contributed by atoms with Crippen LogP contribution in [0.5, 0.6) is 0 Å². The van der Waals surface area contributed by atoms with Crippen LogP contribution in [0.3, 0.4) is 0 Å². The van der Waals surface area contributed by atoms with E-state index in [9.17, 15) is 0 Å². The predicted octanol–water partition coefficient (Wildman–Crippen LogP) is 3.28. The average Bonchev–Trinajstić information content (AvgIpc) is 2.89. The lowest BCUT2D eigenvalue weighted by Gasteiger charge is -1.95. The normalized spacial score (nSPS) is 11.3. The van der Waals surface area contributed by atoms with E-state index in [1.807, 2.05) is 13.0 Å². The van der Waals surface area contributed by atoms with E-state index in [-0.39, 0.29) is 0 Å². The fraction of sp³-hybridized carbons (Fsp3) is 0.231. The molecule has 19 heavy (non-hydrogen) atoms. The summed E-state index contributed by atoms with van der Waals surface area (Å²) in [7, 11) is 0. The molecular formula is C13H14N4S2. The number of aryl methyl sites for hydroxylation is 2. The van der Waals surface area contributed by atoms with Gasteiger partial charge in [-0.3, -0.25) is 0 Å². The van der Waals surface area contributed by atoms with Gasteiger partial charge in [0.1, 0.15) is 5.65 Å². The Labute approximate surface area is 119 Å². The molecule has 3 aromatic rings. The van der Waals surface area contributed by atoms with Gasteiger partial charge in [-0.2, -0.15) is 0 Å². The van der Waals surface area contributed by atoms with E-state index < -0.39 is 0 Å². The van der Waals surface area contributed by atoms with Crippen molar-refractivity contribution in [3.05, 3.63) is 41.5 Å². The molecule has 2 N–H and O–H groups in total. The standard InChI is InChI=1S/C13H14N4S2/c1-8-3-4-11-16-10(6-17(11)5-8)7-18-12-9(2)15-13(14)19-12/h3-6H,7H2,1-2H3,(H2,14,15). The lowest BCUT2D eigenvalue weighted by atomic mass is 10.3. The number of rotatable bonds is 3. The third-order valence-corrected chi connectivity index (χ3v) is 5.15. The number of hydrogen-bond donors (Lipinski definition) is 1. The lowest BCUT2D eigenvalue weighted by molar-refractivity contribution is 1.15. The van der Waals surface area contributed by atoms with Gasteiger partial charge in [0.2, 0.25) is 0 Å². The number of pyridine rings is 1. The zero-order valence-electron chi connectivity index (χ0n) is 10.8. The summed E-state index contributed by atoms with van der Waals surface area (Å²) < 4.78 is 3.24. The van der Waals surface area contributed by atoms with Crippen molar-refractivity contribution in [2.75, 3.05) is 5.73 Å². The Morgan fingerprint density at radius 2 is 2.11 bits per heavy atom. The maximum absolute atomic E-state index is 5.70. The number of nitrogens with two attached hydrogens (primary N) is 1. The fourth-order valence-electron chi connectivity index (χ4n) is 1.90. The van der Waals surface area contributed by atoms with Crippen molar-refractivity contribution in [3.63, 3.8) is 0 Å². The van der Waals surface area contributed by atoms with Gasteiger partial charge >= 0.3 is 0 Å². The Morgan fingerprint density at radius 1 is 1.26 bits per heavy atom. The molecule has 0 aromatic carbocycles. The van der Waals surface area contributed by atoms with Crippen molar-refractivity contribution in [1.82, 2.24) is 14.4 Å². The summed E-state index contributed by atoms with van der Waals surface area (Å²) >= 11 is 3.28. The number of thioether (sulfide) groups is 1. The van der Waals surface area contributed by atoms with Crippen LogP contribution in [0.2, 0.25) is 0 Å². The van der Waals surface area contributed by atoms with E-state index in [4.69, 9.17) is 5.73 Å². The maximum atomic E-state index is 5.70. The van der Waals surface area contributed by atoms with Gasteiger partial charge in [0, 0.05) is 18.1 Å². The van der Waals surface area contributed by atoms with Crippen molar-refractivity contribution < 1.29 is 0 Å². The van der Waals surface area contributed by atoms with E-state index in [2.05, 4.69) is 39.8 Å². The number of imidazole rings is 1. The molecule has 0 saturated carbocycles. The van der Waals surface area contributed by atoms with E-state index in [1.165, 1.54) is 21.1 Å². The summed E-state index contributed by atoms with van der Waals surface area (Å²) in [6.07, 6.45) is 4.17. The average molecular weight is 290 g/mol. The zero-order valence-corrected chi connectivity index (χ0v) is 12.4. The first kappa shape index (κ1) is 12.5. The number of nitrogen functional groups attached to an aromatic ring is 1. The van der Waals surface area contributed by atoms with Crippen LogP contribution in [0, 0.1) is 13.8 Å². The van der Waals surface area contributed by atoms with Gasteiger partial charge in [-0.05, 0) is 25.5 Å². The first-order valence-electron chi connectivity index (χ1n) is 5.92. The molecule has 0 unspecified atom stereocenters. The second-order valence-corrected chi connectivity index (χ2v) is 6.69. The molecule has 4 nitrogen and oxygen atoms in total. The van der Waals surface area contributed by atoms with Crippen LogP contribution in [0.4, 0.5) is 5.13 Å². The highest BCUT2D eigenvalue weighted by Crippen LogP contribution is 2.32. The smallest absolute Gasteiger partial charge is 0.181 e. The molecule has 0 aliphatic rings. The molecule has 0 bridgehead atoms. The van der Waals surface area contributed by atoms with Gasteiger partial charge in [0.05, 0.1) is 15.6 Å². The molecule has 6 heteroatoms. The van der Waals surface area contributed by atoms with Crippen LogP contribution >= 0.6 is 23.1 Å². The van der Waals surface area contributed by atoms with Crippen LogP contribution in [-0.2, 0) is 5.75 Å². The summed E-state index contributed by atoms with van der Waals surface area (Å²) in [4.78, 5) is 8.83. The Morgan fingerprint density at radius 3 is 2.84 bits per heavy atom. The number of fused-ring (bicyclic) bond motifs is 1. The topological polar surface area (TPSA) is 56.2 Å². The first-order valence-corrected chi connectivity index (χ1v) is 7.72. The predicted molar refractivity (Wildman–Crippen MR) is 80.8 cm³/mol. The zero-order chi connectivity index (χ0) is 13.4. The molecule has 0 radical (unpaired) electrons. The van der Waals surface area contributed by atoms with E-state index in [0.29, 0.717) is 5.13 Å². The Hall–Kier alpha value is -1.53. The Kier molecular flexibility index (Phi) is 3.20. The summed E-state index contributed by atoms with van der Waals surface area (Å²) in [6.45, 7) is 4.07. The second-order valence-electron chi connectivity index (χ2n) is 4.42. The molecule has 0 atom stereocenters. The molecule has 0 spiro atoms. The minimum atomic E-state index is 0.630.